The maximum Gasteiger partial charge on any atom is 0.0648 e. The van der Waals surface area contributed by atoms with E-state index in [2.05, 4.69) is 6.92 Å². The molecule has 0 aromatic carbocycles. The van der Waals surface area contributed by atoms with Crippen molar-refractivity contribution in [2.24, 2.45) is 5.41 Å². The minimum absolute atomic E-state index is 0.294. The summed E-state index contributed by atoms with van der Waals surface area (Å²) in [5.74, 6) is 0. The molecule has 1 heteroatoms. The highest BCUT2D eigenvalue weighted by Crippen LogP contribution is 2.52. The number of aliphatic hydroxyl groups is 1. The Labute approximate surface area is 126 Å². The highest BCUT2D eigenvalue weighted by atomic mass is 16.3. The molecule has 1 N–H and O–H groups in total. The van der Waals surface area contributed by atoms with Crippen molar-refractivity contribution in [3.63, 3.8) is 0 Å². The third-order valence-corrected chi connectivity index (χ3v) is 6.15. The fraction of sp³-hybridized carbons (Fsp3) is 1.00. The summed E-state index contributed by atoms with van der Waals surface area (Å²) in [4.78, 5) is 0. The van der Waals surface area contributed by atoms with Crippen molar-refractivity contribution < 1.29 is 5.11 Å². The Morgan fingerprint density at radius 3 is 1.85 bits per heavy atom. The van der Waals surface area contributed by atoms with Crippen LogP contribution in [0.15, 0.2) is 0 Å². The molecule has 1 spiro atoms. The van der Waals surface area contributed by atoms with Gasteiger partial charge in [0.25, 0.3) is 0 Å². The predicted molar refractivity (Wildman–Crippen MR) is 86.9 cm³/mol. The van der Waals surface area contributed by atoms with E-state index in [9.17, 15) is 5.11 Å². The van der Waals surface area contributed by atoms with Crippen molar-refractivity contribution in [2.75, 3.05) is 0 Å². The normalized spacial score (nSPS) is 24.3. The van der Waals surface area contributed by atoms with Crippen LogP contribution in [0.5, 0.6) is 0 Å². The molecule has 0 aromatic heterocycles. The summed E-state index contributed by atoms with van der Waals surface area (Å²) < 4.78 is 0. The van der Waals surface area contributed by atoms with E-state index in [1.165, 1.54) is 83.5 Å². The Balaban J connectivity index is 1.56. The topological polar surface area (TPSA) is 20.2 Å². The number of unbranched alkanes of at least 4 members (excludes halogenated alkanes) is 6. The van der Waals surface area contributed by atoms with Crippen molar-refractivity contribution in [3.05, 3.63) is 0 Å². The average molecular weight is 280 g/mol. The van der Waals surface area contributed by atoms with E-state index >= 15 is 0 Å². The Bertz CT molecular complexity index is 255. The molecule has 0 aliphatic heterocycles. The number of hydrogen-bond acceptors (Lipinski definition) is 1. The predicted octanol–water partition coefficient (Wildman–Crippen LogP) is 5.99. The molecule has 0 aromatic rings. The number of rotatable bonds is 8. The smallest absolute Gasteiger partial charge is 0.0648 e. The lowest BCUT2D eigenvalue weighted by molar-refractivity contribution is -0.0403. The van der Waals surface area contributed by atoms with Gasteiger partial charge in [-0.1, -0.05) is 64.7 Å². The second-order valence-corrected chi connectivity index (χ2v) is 7.80. The van der Waals surface area contributed by atoms with Gasteiger partial charge in [0.05, 0.1) is 5.60 Å². The maximum atomic E-state index is 10.8. The highest BCUT2D eigenvalue weighted by Gasteiger charge is 2.42. The SMILES string of the molecule is CCCCCCCCCC1(O)CCC2(CCCC2)CC1. The van der Waals surface area contributed by atoms with Gasteiger partial charge in [-0.05, 0) is 50.4 Å². The van der Waals surface area contributed by atoms with Crippen molar-refractivity contribution in [2.45, 2.75) is 115 Å². The lowest BCUT2D eigenvalue weighted by Gasteiger charge is -2.42. The second kappa shape index (κ2) is 7.82. The molecule has 0 saturated heterocycles. The zero-order valence-corrected chi connectivity index (χ0v) is 13.8. The minimum atomic E-state index is -0.294. The van der Waals surface area contributed by atoms with Gasteiger partial charge in [-0.3, -0.25) is 0 Å². The van der Waals surface area contributed by atoms with Crippen LogP contribution in [0.25, 0.3) is 0 Å². The summed E-state index contributed by atoms with van der Waals surface area (Å²) >= 11 is 0. The third kappa shape index (κ3) is 4.76. The molecular weight excluding hydrogens is 244 g/mol. The van der Waals surface area contributed by atoms with Gasteiger partial charge < -0.3 is 5.11 Å². The van der Waals surface area contributed by atoms with E-state index in [4.69, 9.17) is 0 Å². The largest absolute Gasteiger partial charge is 0.390 e. The van der Waals surface area contributed by atoms with E-state index in [0.717, 1.165) is 19.3 Å². The summed E-state index contributed by atoms with van der Waals surface area (Å²) in [7, 11) is 0. The van der Waals surface area contributed by atoms with Crippen molar-refractivity contribution >= 4 is 0 Å². The molecule has 1 nitrogen and oxygen atoms in total. The van der Waals surface area contributed by atoms with Crippen molar-refractivity contribution in [3.8, 4) is 0 Å². The zero-order valence-electron chi connectivity index (χ0n) is 13.8. The highest BCUT2D eigenvalue weighted by molar-refractivity contribution is 4.95. The maximum absolute atomic E-state index is 10.8. The van der Waals surface area contributed by atoms with Crippen molar-refractivity contribution in [1.82, 2.24) is 0 Å². The summed E-state index contributed by atoms with van der Waals surface area (Å²) in [6.45, 7) is 2.27. The zero-order chi connectivity index (χ0) is 14.3. The Morgan fingerprint density at radius 1 is 0.700 bits per heavy atom. The standard InChI is InChI=1S/C19H36O/c1-2-3-4-5-6-7-8-13-19(20)16-14-18(15-17-19)11-9-10-12-18/h20H,2-17H2,1H3. The molecule has 0 heterocycles. The van der Waals surface area contributed by atoms with Crippen LogP contribution in [0.1, 0.15) is 110 Å². The van der Waals surface area contributed by atoms with Gasteiger partial charge in [0.15, 0.2) is 0 Å². The first kappa shape index (κ1) is 16.3. The first-order valence-electron chi connectivity index (χ1n) is 9.41. The van der Waals surface area contributed by atoms with Crippen LogP contribution in [-0.2, 0) is 0 Å². The third-order valence-electron chi connectivity index (χ3n) is 6.15. The molecule has 2 fully saturated rings. The molecule has 2 aliphatic rings. The van der Waals surface area contributed by atoms with Crippen LogP contribution in [0, 0.1) is 5.41 Å². The quantitative estimate of drug-likeness (QED) is 0.541. The lowest BCUT2D eigenvalue weighted by atomic mass is 9.66. The van der Waals surface area contributed by atoms with Crippen LogP contribution in [0.4, 0.5) is 0 Å². The summed E-state index contributed by atoms with van der Waals surface area (Å²) in [6.07, 6.45) is 21.1. The second-order valence-electron chi connectivity index (χ2n) is 7.80. The minimum Gasteiger partial charge on any atom is -0.390 e. The molecule has 0 radical (unpaired) electrons. The van der Waals surface area contributed by atoms with Crippen LogP contribution >= 0.6 is 0 Å². The van der Waals surface area contributed by atoms with Gasteiger partial charge in [-0.15, -0.1) is 0 Å². The molecule has 118 valence electrons. The fourth-order valence-corrected chi connectivity index (χ4v) is 4.53. The van der Waals surface area contributed by atoms with Crippen molar-refractivity contribution in [1.29, 1.82) is 0 Å². The molecule has 0 bridgehead atoms. The van der Waals surface area contributed by atoms with Gasteiger partial charge in [0.2, 0.25) is 0 Å². The first-order chi connectivity index (χ1) is 9.68. The van der Waals surface area contributed by atoms with Gasteiger partial charge in [-0.25, -0.2) is 0 Å². The molecule has 20 heavy (non-hydrogen) atoms. The Hall–Kier alpha value is -0.0400. The monoisotopic (exact) mass is 280 g/mol. The molecule has 2 saturated carbocycles. The molecular formula is C19H36O. The molecule has 0 unspecified atom stereocenters. The summed E-state index contributed by atoms with van der Waals surface area (Å²) in [5, 5.41) is 10.8. The van der Waals surface area contributed by atoms with Gasteiger partial charge in [-0.2, -0.15) is 0 Å². The summed E-state index contributed by atoms with van der Waals surface area (Å²) in [5.41, 5.74) is 0.365. The van der Waals surface area contributed by atoms with Crippen LogP contribution in [0.2, 0.25) is 0 Å². The Morgan fingerprint density at radius 2 is 1.25 bits per heavy atom. The van der Waals surface area contributed by atoms with E-state index in [-0.39, 0.29) is 5.60 Å². The summed E-state index contributed by atoms with van der Waals surface area (Å²) in [6, 6.07) is 0. The first-order valence-corrected chi connectivity index (χ1v) is 9.41. The Kier molecular flexibility index (Phi) is 6.39. The van der Waals surface area contributed by atoms with Crippen LogP contribution < -0.4 is 0 Å². The van der Waals surface area contributed by atoms with E-state index < -0.39 is 0 Å². The fourth-order valence-electron chi connectivity index (χ4n) is 4.53. The molecule has 0 atom stereocenters. The van der Waals surface area contributed by atoms with Gasteiger partial charge in [0.1, 0.15) is 0 Å². The molecule has 2 aliphatic carbocycles. The lowest BCUT2D eigenvalue weighted by Crippen LogP contribution is -2.38. The van der Waals surface area contributed by atoms with E-state index in [1.54, 1.807) is 0 Å². The molecule has 2 rings (SSSR count). The van der Waals surface area contributed by atoms with Crippen LogP contribution in [-0.4, -0.2) is 10.7 Å². The van der Waals surface area contributed by atoms with Crippen LogP contribution in [0.3, 0.4) is 0 Å². The van der Waals surface area contributed by atoms with Gasteiger partial charge in [0, 0.05) is 0 Å². The van der Waals surface area contributed by atoms with E-state index in [1.807, 2.05) is 0 Å². The van der Waals surface area contributed by atoms with E-state index in [0.29, 0.717) is 5.41 Å². The molecule has 0 amide bonds. The number of hydrogen-bond donors (Lipinski definition) is 1. The average Bonchev–Trinajstić information content (AvgIpc) is 2.91. The van der Waals surface area contributed by atoms with Gasteiger partial charge >= 0.3 is 0 Å².